The third kappa shape index (κ3) is 3.76. The van der Waals surface area contributed by atoms with E-state index in [1.807, 2.05) is 60.4 Å². The van der Waals surface area contributed by atoms with Gasteiger partial charge in [0, 0.05) is 18.8 Å². The van der Waals surface area contributed by atoms with Gasteiger partial charge >= 0.3 is 0 Å². The highest BCUT2D eigenvalue weighted by Gasteiger charge is 2.20. The zero-order valence-electron chi connectivity index (χ0n) is 16.0. The Hall–Kier alpha value is -3.15. The summed E-state index contributed by atoms with van der Waals surface area (Å²) in [6.07, 6.45) is 3.29. The minimum atomic E-state index is -0.230. The van der Waals surface area contributed by atoms with E-state index in [2.05, 4.69) is 10.3 Å². The monoisotopic (exact) mass is 376 g/mol. The van der Waals surface area contributed by atoms with E-state index < -0.39 is 0 Å². The number of rotatable bonds is 4. The molecular formula is C22H24N4O2. The number of benzene rings is 2. The van der Waals surface area contributed by atoms with Gasteiger partial charge in [-0.3, -0.25) is 14.2 Å². The van der Waals surface area contributed by atoms with Crippen molar-refractivity contribution in [2.24, 2.45) is 0 Å². The maximum atomic E-state index is 13.2. The third-order valence-corrected chi connectivity index (χ3v) is 5.13. The van der Waals surface area contributed by atoms with Crippen LogP contribution in [0.15, 0.2) is 53.3 Å². The Labute approximate surface area is 163 Å². The molecule has 0 saturated carbocycles. The molecule has 0 bridgehead atoms. The molecule has 0 spiro atoms. The summed E-state index contributed by atoms with van der Waals surface area (Å²) in [5.41, 5.74) is 3.04. The number of aryl methyl sites for hydroxylation is 1. The number of fused-ring (bicyclic) bond motifs is 1. The van der Waals surface area contributed by atoms with Gasteiger partial charge < -0.3 is 10.2 Å². The molecule has 1 aliphatic rings. The molecule has 4 rings (SSSR count). The van der Waals surface area contributed by atoms with Gasteiger partial charge in [0.05, 0.1) is 11.0 Å². The van der Waals surface area contributed by atoms with Gasteiger partial charge in [-0.1, -0.05) is 29.8 Å². The lowest BCUT2D eigenvalue weighted by Crippen LogP contribution is -2.38. The smallest absolute Gasteiger partial charge is 0.294 e. The van der Waals surface area contributed by atoms with Crippen LogP contribution in [0.4, 0.5) is 11.5 Å². The van der Waals surface area contributed by atoms with Crippen molar-refractivity contribution < 1.29 is 4.79 Å². The van der Waals surface area contributed by atoms with Crippen molar-refractivity contribution in [1.82, 2.24) is 9.55 Å². The quantitative estimate of drug-likeness (QED) is 0.758. The van der Waals surface area contributed by atoms with Crippen molar-refractivity contribution >= 4 is 28.4 Å². The highest BCUT2D eigenvalue weighted by Crippen LogP contribution is 2.18. The van der Waals surface area contributed by atoms with Crippen LogP contribution in [0.5, 0.6) is 0 Å². The molecule has 1 fully saturated rings. The highest BCUT2D eigenvalue weighted by atomic mass is 16.2. The molecule has 1 aromatic heterocycles. The molecule has 0 atom stereocenters. The lowest BCUT2D eigenvalue weighted by Gasteiger charge is -2.27. The zero-order valence-corrected chi connectivity index (χ0v) is 16.0. The van der Waals surface area contributed by atoms with Gasteiger partial charge in [-0.2, -0.15) is 0 Å². The van der Waals surface area contributed by atoms with E-state index in [0.29, 0.717) is 11.3 Å². The Morgan fingerprint density at radius 1 is 1.04 bits per heavy atom. The molecule has 1 aliphatic heterocycles. The number of hydrogen-bond acceptors (Lipinski definition) is 4. The molecule has 6 nitrogen and oxygen atoms in total. The first-order valence-electron chi connectivity index (χ1n) is 9.73. The number of hydrogen-bond donors (Lipinski definition) is 1. The fourth-order valence-electron chi connectivity index (χ4n) is 3.63. The summed E-state index contributed by atoms with van der Waals surface area (Å²) in [5.74, 6) is 0.216. The minimum absolute atomic E-state index is 0.0451. The van der Waals surface area contributed by atoms with Gasteiger partial charge in [-0.05, 0) is 50.5 Å². The van der Waals surface area contributed by atoms with Crippen LogP contribution in [-0.2, 0) is 11.3 Å². The predicted octanol–water partition coefficient (Wildman–Crippen LogP) is 3.33. The number of piperidine rings is 1. The number of amides is 1. The zero-order chi connectivity index (χ0) is 19.5. The molecule has 144 valence electrons. The summed E-state index contributed by atoms with van der Waals surface area (Å²) < 4.78 is 1.54. The van der Waals surface area contributed by atoms with Crippen LogP contribution >= 0.6 is 0 Å². The molecule has 1 amide bonds. The number of nitrogens with one attached hydrogen (secondary N) is 1. The van der Waals surface area contributed by atoms with Crippen molar-refractivity contribution in [3.8, 4) is 0 Å². The molecule has 6 heteroatoms. The lowest BCUT2D eigenvalue weighted by molar-refractivity contribution is -0.116. The molecule has 28 heavy (non-hydrogen) atoms. The van der Waals surface area contributed by atoms with Gasteiger partial charge in [0.15, 0.2) is 5.82 Å². The standard InChI is InChI=1S/C22H24N4O2/c1-16-9-11-17(12-10-16)23-20(27)15-26-19-8-4-3-7-18(19)24-21(22(26)28)25-13-5-2-6-14-25/h3-4,7-12H,2,5-6,13-15H2,1H3,(H,23,27). The molecule has 2 heterocycles. The second-order valence-corrected chi connectivity index (χ2v) is 7.28. The minimum Gasteiger partial charge on any atom is -0.352 e. The van der Waals surface area contributed by atoms with Crippen LogP contribution < -0.4 is 15.8 Å². The Kier molecular flexibility index (Phi) is 5.10. The summed E-state index contributed by atoms with van der Waals surface area (Å²) in [5, 5.41) is 2.88. The molecule has 3 aromatic rings. The average Bonchev–Trinajstić information content (AvgIpc) is 2.72. The maximum absolute atomic E-state index is 13.2. The van der Waals surface area contributed by atoms with E-state index >= 15 is 0 Å². The molecule has 1 N–H and O–H groups in total. The number of aromatic nitrogens is 2. The lowest BCUT2D eigenvalue weighted by atomic mass is 10.1. The van der Waals surface area contributed by atoms with Crippen molar-refractivity contribution in [1.29, 1.82) is 0 Å². The molecule has 0 unspecified atom stereocenters. The summed E-state index contributed by atoms with van der Waals surface area (Å²) in [7, 11) is 0. The van der Waals surface area contributed by atoms with Crippen LogP contribution in [0.1, 0.15) is 24.8 Å². The Morgan fingerprint density at radius 3 is 2.50 bits per heavy atom. The average molecular weight is 376 g/mol. The van der Waals surface area contributed by atoms with Crippen molar-refractivity contribution in [3.05, 3.63) is 64.4 Å². The topological polar surface area (TPSA) is 67.2 Å². The molecule has 0 radical (unpaired) electrons. The fraction of sp³-hybridized carbons (Fsp3) is 0.318. The number of carbonyl (C=O) groups is 1. The van der Waals surface area contributed by atoms with Crippen LogP contribution in [0.2, 0.25) is 0 Å². The van der Waals surface area contributed by atoms with Crippen LogP contribution in [-0.4, -0.2) is 28.5 Å². The Balaban J connectivity index is 1.68. The number of carbonyl (C=O) groups excluding carboxylic acids is 1. The van der Waals surface area contributed by atoms with Crippen LogP contribution in [0, 0.1) is 6.92 Å². The number of para-hydroxylation sites is 2. The maximum Gasteiger partial charge on any atom is 0.294 e. The van der Waals surface area contributed by atoms with Crippen LogP contribution in [0.25, 0.3) is 11.0 Å². The van der Waals surface area contributed by atoms with E-state index in [1.54, 1.807) is 0 Å². The van der Waals surface area contributed by atoms with Gasteiger partial charge in [0.25, 0.3) is 5.56 Å². The first-order valence-corrected chi connectivity index (χ1v) is 9.73. The van der Waals surface area contributed by atoms with Crippen molar-refractivity contribution in [2.45, 2.75) is 32.7 Å². The fourth-order valence-corrected chi connectivity index (χ4v) is 3.63. The Morgan fingerprint density at radius 2 is 1.75 bits per heavy atom. The largest absolute Gasteiger partial charge is 0.352 e. The van der Waals surface area contributed by atoms with Crippen LogP contribution in [0.3, 0.4) is 0 Å². The predicted molar refractivity (Wildman–Crippen MR) is 112 cm³/mol. The summed E-state index contributed by atoms with van der Waals surface area (Å²) in [6.45, 7) is 3.61. The van der Waals surface area contributed by atoms with Gasteiger partial charge in [0.2, 0.25) is 5.91 Å². The second kappa shape index (κ2) is 7.84. The SMILES string of the molecule is Cc1ccc(NC(=O)Cn2c(=O)c(N3CCCCC3)nc3ccccc32)cc1. The van der Waals surface area contributed by atoms with E-state index in [4.69, 9.17) is 0 Å². The van der Waals surface area contributed by atoms with Gasteiger partial charge in [0.1, 0.15) is 6.54 Å². The Bertz CT molecular complexity index is 1050. The summed E-state index contributed by atoms with van der Waals surface area (Å²) in [4.78, 5) is 32.5. The van der Waals surface area contributed by atoms with E-state index in [-0.39, 0.29) is 18.0 Å². The van der Waals surface area contributed by atoms with E-state index in [1.165, 1.54) is 11.0 Å². The van der Waals surface area contributed by atoms with Crippen molar-refractivity contribution in [2.75, 3.05) is 23.3 Å². The number of nitrogens with zero attached hydrogens (tertiary/aromatic N) is 3. The molecule has 0 aliphatic carbocycles. The summed E-state index contributed by atoms with van der Waals surface area (Å²) in [6, 6.07) is 15.1. The highest BCUT2D eigenvalue weighted by molar-refractivity contribution is 5.91. The van der Waals surface area contributed by atoms with E-state index in [9.17, 15) is 9.59 Å². The summed E-state index contributed by atoms with van der Waals surface area (Å²) >= 11 is 0. The van der Waals surface area contributed by atoms with Gasteiger partial charge in [-0.25, -0.2) is 4.98 Å². The van der Waals surface area contributed by atoms with E-state index in [0.717, 1.165) is 42.7 Å². The third-order valence-electron chi connectivity index (χ3n) is 5.13. The molecule has 1 saturated heterocycles. The number of anilines is 2. The molecular weight excluding hydrogens is 352 g/mol. The first-order chi connectivity index (χ1) is 13.6. The van der Waals surface area contributed by atoms with Gasteiger partial charge in [-0.15, -0.1) is 0 Å². The second-order valence-electron chi connectivity index (χ2n) is 7.28. The van der Waals surface area contributed by atoms with Crippen molar-refractivity contribution in [3.63, 3.8) is 0 Å². The normalized spacial score (nSPS) is 14.2. The molecule has 2 aromatic carbocycles. The first kappa shape index (κ1) is 18.2.